The number of carbonyl (C=O) groups excluding carboxylic acids is 1. The number of benzene rings is 1. The summed E-state index contributed by atoms with van der Waals surface area (Å²) in [5, 5.41) is 1.84. The molecule has 1 saturated carbocycles. The Kier molecular flexibility index (Phi) is 6.17. The molecule has 2 aromatic rings. The largest absolute Gasteiger partial charge is 0.461 e. The molecule has 0 radical (unpaired) electrons. The predicted octanol–water partition coefficient (Wildman–Crippen LogP) is 5.03. The second-order valence-corrected chi connectivity index (χ2v) is 8.70. The molecule has 0 unspecified atom stereocenters. The van der Waals surface area contributed by atoms with E-state index in [1.54, 1.807) is 0 Å². The van der Waals surface area contributed by atoms with E-state index in [1.165, 1.54) is 18.2 Å². The van der Waals surface area contributed by atoms with Crippen LogP contribution >= 0.6 is 11.8 Å². The van der Waals surface area contributed by atoms with Gasteiger partial charge in [0.1, 0.15) is 17.0 Å². The number of rotatable bonds is 5. The van der Waals surface area contributed by atoms with Crippen LogP contribution in [-0.2, 0) is 9.53 Å². The molecule has 1 aliphatic rings. The van der Waals surface area contributed by atoms with Gasteiger partial charge in [-0.1, -0.05) is 57.2 Å². The van der Waals surface area contributed by atoms with Crippen LogP contribution in [0.15, 0.2) is 29.3 Å². The SMILES string of the molecule is Cc1nc(SCC(=O)O[C@H]2C[C@@H](C)CC[C@@H]2C(C)C)c2ccccc2n1. The molecule has 5 heteroatoms. The lowest BCUT2D eigenvalue weighted by Gasteiger charge is -2.36. The number of aromatic nitrogens is 2. The fourth-order valence-corrected chi connectivity index (χ4v) is 4.70. The first-order chi connectivity index (χ1) is 12.4. The van der Waals surface area contributed by atoms with Crippen molar-refractivity contribution in [3.8, 4) is 0 Å². The van der Waals surface area contributed by atoms with Crippen LogP contribution in [0.1, 0.15) is 45.9 Å². The fourth-order valence-electron chi connectivity index (χ4n) is 3.85. The van der Waals surface area contributed by atoms with Gasteiger partial charge in [-0.2, -0.15) is 0 Å². The summed E-state index contributed by atoms with van der Waals surface area (Å²) in [5.41, 5.74) is 0.914. The highest BCUT2D eigenvalue weighted by atomic mass is 32.2. The number of hydrogen-bond acceptors (Lipinski definition) is 5. The molecule has 3 atom stereocenters. The maximum Gasteiger partial charge on any atom is 0.316 e. The zero-order valence-electron chi connectivity index (χ0n) is 16.1. The first kappa shape index (κ1) is 19.2. The average Bonchev–Trinajstić information content (AvgIpc) is 2.59. The smallest absolute Gasteiger partial charge is 0.316 e. The molecule has 26 heavy (non-hydrogen) atoms. The monoisotopic (exact) mass is 372 g/mol. The van der Waals surface area contributed by atoms with Crippen molar-refractivity contribution in [2.75, 3.05) is 5.75 Å². The normalized spacial score (nSPS) is 23.3. The average molecular weight is 373 g/mol. The van der Waals surface area contributed by atoms with E-state index < -0.39 is 0 Å². The van der Waals surface area contributed by atoms with Gasteiger partial charge in [0.2, 0.25) is 0 Å². The van der Waals surface area contributed by atoms with Gasteiger partial charge in [-0.15, -0.1) is 0 Å². The molecule has 140 valence electrons. The van der Waals surface area contributed by atoms with Crippen LogP contribution in [0.5, 0.6) is 0 Å². The minimum atomic E-state index is -0.139. The summed E-state index contributed by atoms with van der Waals surface area (Å²) in [4.78, 5) is 21.5. The predicted molar refractivity (Wildman–Crippen MR) is 106 cm³/mol. The minimum absolute atomic E-state index is 0.0516. The summed E-state index contributed by atoms with van der Waals surface area (Å²) in [6, 6.07) is 7.91. The summed E-state index contributed by atoms with van der Waals surface area (Å²) in [7, 11) is 0. The number of ether oxygens (including phenoxy) is 1. The highest BCUT2D eigenvalue weighted by molar-refractivity contribution is 8.00. The first-order valence-corrected chi connectivity index (χ1v) is 10.5. The summed E-state index contributed by atoms with van der Waals surface area (Å²) in [5.74, 6) is 2.52. The molecule has 1 aliphatic carbocycles. The molecule has 0 bridgehead atoms. The van der Waals surface area contributed by atoms with Gasteiger partial charge in [-0.05, 0) is 43.6 Å². The van der Waals surface area contributed by atoms with E-state index in [0.29, 0.717) is 17.8 Å². The maximum atomic E-state index is 12.5. The van der Waals surface area contributed by atoms with Gasteiger partial charge in [0, 0.05) is 5.39 Å². The molecule has 1 aromatic heterocycles. The van der Waals surface area contributed by atoms with Crippen LogP contribution < -0.4 is 0 Å². The van der Waals surface area contributed by atoms with E-state index in [4.69, 9.17) is 4.74 Å². The van der Waals surface area contributed by atoms with E-state index in [2.05, 4.69) is 30.7 Å². The fraction of sp³-hybridized carbons (Fsp3) is 0.571. The Morgan fingerprint density at radius 2 is 2.04 bits per heavy atom. The van der Waals surface area contributed by atoms with Crippen molar-refractivity contribution in [3.63, 3.8) is 0 Å². The third-order valence-corrected chi connectivity index (χ3v) is 6.22. The molecular weight excluding hydrogens is 344 g/mol. The van der Waals surface area contributed by atoms with Crippen LogP contribution in [0.3, 0.4) is 0 Å². The van der Waals surface area contributed by atoms with Crippen molar-refractivity contribution >= 4 is 28.6 Å². The molecule has 3 rings (SSSR count). The van der Waals surface area contributed by atoms with Gasteiger partial charge < -0.3 is 4.74 Å². The van der Waals surface area contributed by atoms with Gasteiger partial charge in [0.15, 0.2) is 0 Å². The number of fused-ring (bicyclic) bond motifs is 1. The van der Waals surface area contributed by atoms with Crippen molar-refractivity contribution in [3.05, 3.63) is 30.1 Å². The second-order valence-electron chi connectivity index (χ2n) is 7.74. The van der Waals surface area contributed by atoms with E-state index in [-0.39, 0.29) is 17.8 Å². The molecule has 0 spiro atoms. The number of hydrogen-bond donors (Lipinski definition) is 0. The zero-order valence-corrected chi connectivity index (χ0v) is 16.9. The van der Waals surface area contributed by atoms with Crippen molar-refractivity contribution in [1.82, 2.24) is 9.97 Å². The Balaban J connectivity index is 1.65. The summed E-state index contributed by atoms with van der Waals surface area (Å²) in [6.07, 6.45) is 3.42. The number of aryl methyl sites for hydroxylation is 1. The first-order valence-electron chi connectivity index (χ1n) is 9.49. The quantitative estimate of drug-likeness (QED) is 0.418. The minimum Gasteiger partial charge on any atom is -0.461 e. The van der Waals surface area contributed by atoms with Gasteiger partial charge in [-0.25, -0.2) is 9.97 Å². The van der Waals surface area contributed by atoms with Crippen LogP contribution in [0.2, 0.25) is 0 Å². The third kappa shape index (κ3) is 4.56. The van der Waals surface area contributed by atoms with Crippen LogP contribution in [0, 0.1) is 24.7 Å². The van der Waals surface area contributed by atoms with Gasteiger partial charge in [-0.3, -0.25) is 4.79 Å². The highest BCUT2D eigenvalue weighted by Crippen LogP contribution is 2.35. The Labute approximate surface area is 160 Å². The number of nitrogens with zero attached hydrogens (tertiary/aromatic N) is 2. The van der Waals surface area contributed by atoms with Crippen molar-refractivity contribution in [2.45, 2.75) is 58.1 Å². The number of esters is 1. The lowest BCUT2D eigenvalue weighted by Crippen LogP contribution is -2.36. The zero-order chi connectivity index (χ0) is 18.7. The molecule has 0 aliphatic heterocycles. The highest BCUT2D eigenvalue weighted by Gasteiger charge is 2.33. The number of carbonyl (C=O) groups is 1. The van der Waals surface area contributed by atoms with Crippen molar-refractivity contribution < 1.29 is 9.53 Å². The van der Waals surface area contributed by atoms with Crippen LogP contribution in [0.4, 0.5) is 0 Å². The Bertz CT molecular complexity index is 778. The Morgan fingerprint density at radius 3 is 2.81 bits per heavy atom. The number of thioether (sulfide) groups is 1. The summed E-state index contributed by atoms with van der Waals surface area (Å²) in [6.45, 7) is 8.59. The Hall–Kier alpha value is -1.62. The van der Waals surface area contributed by atoms with E-state index in [0.717, 1.165) is 34.6 Å². The molecule has 0 N–H and O–H groups in total. The molecule has 1 heterocycles. The lowest BCUT2D eigenvalue weighted by atomic mass is 9.75. The molecular formula is C21H28N2O2S. The standard InChI is InChI=1S/C21H28N2O2S/c1-13(2)16-10-9-14(3)11-19(16)25-20(24)12-26-21-17-7-5-6-8-18(17)22-15(4)23-21/h5-8,13-14,16,19H,9-12H2,1-4H3/t14-,16+,19-/m0/s1. The third-order valence-electron chi connectivity index (χ3n) is 5.25. The molecule has 0 saturated heterocycles. The van der Waals surface area contributed by atoms with E-state index in [1.807, 2.05) is 31.2 Å². The van der Waals surface area contributed by atoms with Crippen LogP contribution in [-0.4, -0.2) is 27.8 Å². The second kappa shape index (κ2) is 8.38. The van der Waals surface area contributed by atoms with E-state index >= 15 is 0 Å². The van der Waals surface area contributed by atoms with Crippen LogP contribution in [0.25, 0.3) is 10.9 Å². The van der Waals surface area contributed by atoms with E-state index in [9.17, 15) is 4.79 Å². The number of para-hydroxylation sites is 1. The van der Waals surface area contributed by atoms with Crippen molar-refractivity contribution in [2.24, 2.45) is 17.8 Å². The molecule has 0 amide bonds. The molecule has 4 nitrogen and oxygen atoms in total. The Morgan fingerprint density at radius 1 is 1.27 bits per heavy atom. The topological polar surface area (TPSA) is 52.1 Å². The van der Waals surface area contributed by atoms with Crippen molar-refractivity contribution in [1.29, 1.82) is 0 Å². The summed E-state index contributed by atoms with van der Waals surface area (Å²) >= 11 is 1.45. The molecule has 1 fully saturated rings. The van der Waals surface area contributed by atoms with Gasteiger partial charge >= 0.3 is 5.97 Å². The molecule has 1 aromatic carbocycles. The summed E-state index contributed by atoms with van der Waals surface area (Å²) < 4.78 is 5.90. The van der Waals surface area contributed by atoms with Gasteiger partial charge in [0.25, 0.3) is 0 Å². The lowest BCUT2D eigenvalue weighted by molar-refractivity contribution is -0.152. The van der Waals surface area contributed by atoms with Gasteiger partial charge in [0.05, 0.1) is 11.3 Å². The maximum absolute atomic E-state index is 12.5.